The number of hydrogen-bond donors (Lipinski definition) is 1. The summed E-state index contributed by atoms with van der Waals surface area (Å²) in [6.45, 7) is 8.07. The average molecular weight is 142 g/mol. The lowest BCUT2D eigenvalue weighted by molar-refractivity contribution is 0.433. The molecule has 0 radical (unpaired) electrons. The van der Waals surface area contributed by atoms with Crippen molar-refractivity contribution in [3.05, 3.63) is 36.4 Å². The quantitative estimate of drug-likeness (QED) is 0.474. The molecule has 0 heterocycles. The lowest BCUT2D eigenvalue weighted by Gasteiger charge is -1.97. The Morgan fingerprint density at radius 2 is 2.10 bits per heavy atom. The number of aliphatic hydroxyl groups excluding tert-OH is 1. The van der Waals surface area contributed by atoms with Gasteiger partial charge in [-0.2, -0.15) is 0 Å². The molecule has 0 aromatic rings. The molecule has 0 aromatic carbocycles. The third kappa shape index (κ3) is 3.07. The zero-order valence-corrected chi connectivity index (χ0v) is 6.02. The predicted octanol–water partition coefficient (Wildman–Crippen LogP) is 2.88. The molecule has 0 aliphatic rings. The molecule has 0 aromatic heterocycles. The van der Waals surface area contributed by atoms with Crippen LogP contribution in [0.2, 0.25) is 0 Å². The summed E-state index contributed by atoms with van der Waals surface area (Å²) in [7, 11) is 0. The summed E-state index contributed by atoms with van der Waals surface area (Å²) < 4.78 is 12.3. The van der Waals surface area contributed by atoms with Gasteiger partial charge in [-0.15, -0.1) is 0 Å². The Bertz CT molecular complexity index is 180. The number of rotatable bonds is 3. The van der Waals surface area contributed by atoms with Crippen molar-refractivity contribution in [2.75, 3.05) is 0 Å². The summed E-state index contributed by atoms with van der Waals surface area (Å²) >= 11 is 0. The van der Waals surface area contributed by atoms with Gasteiger partial charge in [0.15, 0.2) is 0 Å². The van der Waals surface area contributed by atoms with E-state index in [1.165, 1.54) is 6.08 Å². The normalized spacial score (nSPS) is 11.2. The van der Waals surface area contributed by atoms with Crippen LogP contribution >= 0.6 is 0 Å². The number of aliphatic hydroxyl groups is 1. The fourth-order valence-electron chi connectivity index (χ4n) is 0.573. The summed E-state index contributed by atoms with van der Waals surface area (Å²) in [4.78, 5) is 0. The average Bonchev–Trinajstić information content (AvgIpc) is 1.81. The molecule has 0 saturated carbocycles. The lowest BCUT2D eigenvalue weighted by Crippen LogP contribution is -1.81. The molecule has 10 heavy (non-hydrogen) atoms. The Morgan fingerprint density at radius 1 is 1.60 bits per heavy atom. The molecule has 0 saturated heterocycles. The van der Waals surface area contributed by atoms with Gasteiger partial charge in [0.2, 0.25) is 0 Å². The molecule has 0 atom stereocenters. The molecule has 1 N–H and O–H groups in total. The third-order valence-electron chi connectivity index (χ3n) is 1.07. The SMILES string of the molecule is C=C(O)/C=C(/CC)C(=C)F. The highest BCUT2D eigenvalue weighted by Crippen LogP contribution is 2.13. The highest BCUT2D eigenvalue weighted by atomic mass is 19.1. The van der Waals surface area contributed by atoms with Crippen LogP contribution in [0.4, 0.5) is 4.39 Å². The summed E-state index contributed by atoms with van der Waals surface area (Å²) in [6.07, 6.45) is 1.78. The first-order valence-electron chi connectivity index (χ1n) is 3.01. The molecule has 1 nitrogen and oxygen atoms in total. The molecule has 0 amide bonds. The summed E-state index contributed by atoms with van der Waals surface area (Å²) in [5, 5.41) is 8.62. The molecule has 0 unspecified atom stereocenters. The maximum atomic E-state index is 12.3. The Morgan fingerprint density at radius 3 is 2.20 bits per heavy atom. The van der Waals surface area contributed by atoms with Gasteiger partial charge in [-0.1, -0.05) is 20.1 Å². The summed E-state index contributed by atoms with van der Waals surface area (Å²) in [6, 6.07) is 0. The highest BCUT2D eigenvalue weighted by molar-refractivity contribution is 5.27. The Balaban J connectivity index is 4.34. The first kappa shape index (κ1) is 8.95. The van der Waals surface area contributed by atoms with E-state index in [-0.39, 0.29) is 5.76 Å². The van der Waals surface area contributed by atoms with Crippen molar-refractivity contribution in [1.82, 2.24) is 0 Å². The molecule has 56 valence electrons. The summed E-state index contributed by atoms with van der Waals surface area (Å²) in [5.74, 6) is -0.659. The largest absolute Gasteiger partial charge is 0.509 e. The fourth-order valence-corrected chi connectivity index (χ4v) is 0.573. The number of allylic oxidation sites excluding steroid dienone is 3. The van der Waals surface area contributed by atoms with Crippen LogP contribution < -0.4 is 0 Å². The predicted molar refractivity (Wildman–Crippen MR) is 40.4 cm³/mol. The van der Waals surface area contributed by atoms with Gasteiger partial charge in [-0.3, -0.25) is 0 Å². The minimum atomic E-state index is -0.516. The topological polar surface area (TPSA) is 20.2 Å². The molecular formula is C8H11FO. The smallest absolute Gasteiger partial charge is 0.119 e. The molecule has 0 aliphatic carbocycles. The van der Waals surface area contributed by atoms with Crippen molar-refractivity contribution in [3.8, 4) is 0 Å². The molecule has 0 rings (SSSR count). The second kappa shape index (κ2) is 3.88. The van der Waals surface area contributed by atoms with Crippen molar-refractivity contribution >= 4 is 0 Å². The molecule has 0 aliphatic heterocycles. The van der Waals surface area contributed by atoms with E-state index in [0.717, 1.165) is 0 Å². The summed E-state index contributed by atoms with van der Waals surface area (Å²) in [5.41, 5.74) is 0.382. The molecule has 0 spiro atoms. The van der Waals surface area contributed by atoms with Gasteiger partial charge in [0.05, 0.1) is 0 Å². The fraction of sp³-hybridized carbons (Fsp3) is 0.250. The first-order chi connectivity index (χ1) is 4.57. The first-order valence-corrected chi connectivity index (χ1v) is 3.01. The van der Waals surface area contributed by atoms with Gasteiger partial charge in [0.1, 0.15) is 11.6 Å². The van der Waals surface area contributed by atoms with Crippen LogP contribution in [0.25, 0.3) is 0 Å². The second-order valence-corrected chi connectivity index (χ2v) is 1.92. The van der Waals surface area contributed by atoms with Crippen molar-refractivity contribution in [2.45, 2.75) is 13.3 Å². The minimum absolute atomic E-state index is 0.143. The lowest BCUT2D eigenvalue weighted by atomic mass is 10.2. The van der Waals surface area contributed by atoms with Crippen LogP contribution in [0.1, 0.15) is 13.3 Å². The molecule has 2 heteroatoms. The van der Waals surface area contributed by atoms with Crippen LogP contribution in [-0.4, -0.2) is 5.11 Å². The van der Waals surface area contributed by atoms with Crippen LogP contribution in [0, 0.1) is 0 Å². The van der Waals surface area contributed by atoms with E-state index in [1.807, 2.05) is 0 Å². The Kier molecular flexibility index (Phi) is 3.47. The maximum absolute atomic E-state index is 12.3. The van der Waals surface area contributed by atoms with Crippen molar-refractivity contribution in [3.63, 3.8) is 0 Å². The van der Waals surface area contributed by atoms with Crippen LogP contribution in [-0.2, 0) is 0 Å². The van der Waals surface area contributed by atoms with Gasteiger partial charge < -0.3 is 5.11 Å². The van der Waals surface area contributed by atoms with Crippen molar-refractivity contribution in [1.29, 1.82) is 0 Å². The van der Waals surface area contributed by atoms with Crippen molar-refractivity contribution < 1.29 is 9.50 Å². The van der Waals surface area contributed by atoms with Crippen LogP contribution in [0.3, 0.4) is 0 Å². The number of halogens is 1. The third-order valence-corrected chi connectivity index (χ3v) is 1.07. The van der Waals surface area contributed by atoms with E-state index in [2.05, 4.69) is 13.2 Å². The highest BCUT2D eigenvalue weighted by Gasteiger charge is 1.97. The van der Waals surface area contributed by atoms with E-state index in [0.29, 0.717) is 12.0 Å². The van der Waals surface area contributed by atoms with Gasteiger partial charge >= 0.3 is 0 Å². The zero-order chi connectivity index (χ0) is 8.15. The Labute approximate surface area is 60.2 Å². The monoisotopic (exact) mass is 142 g/mol. The van der Waals surface area contributed by atoms with Gasteiger partial charge in [-0.05, 0) is 18.1 Å². The standard InChI is InChI=1S/C8H11FO/c1-4-8(7(3)9)5-6(2)10/h5,10H,2-4H2,1H3/b8-5-. The van der Waals surface area contributed by atoms with Gasteiger partial charge in [-0.25, -0.2) is 4.39 Å². The molecule has 0 bridgehead atoms. The van der Waals surface area contributed by atoms with Crippen LogP contribution in [0.15, 0.2) is 36.4 Å². The maximum Gasteiger partial charge on any atom is 0.119 e. The number of hydrogen-bond acceptors (Lipinski definition) is 1. The van der Waals surface area contributed by atoms with Gasteiger partial charge in [0.25, 0.3) is 0 Å². The molecule has 0 fully saturated rings. The second-order valence-electron chi connectivity index (χ2n) is 1.92. The van der Waals surface area contributed by atoms with E-state index < -0.39 is 5.83 Å². The zero-order valence-electron chi connectivity index (χ0n) is 6.02. The molecular weight excluding hydrogens is 131 g/mol. The minimum Gasteiger partial charge on any atom is -0.509 e. The van der Waals surface area contributed by atoms with Crippen molar-refractivity contribution in [2.24, 2.45) is 0 Å². The van der Waals surface area contributed by atoms with E-state index >= 15 is 0 Å². The van der Waals surface area contributed by atoms with E-state index in [9.17, 15) is 4.39 Å². The van der Waals surface area contributed by atoms with E-state index in [4.69, 9.17) is 5.11 Å². The van der Waals surface area contributed by atoms with E-state index in [1.54, 1.807) is 6.92 Å². The van der Waals surface area contributed by atoms with Gasteiger partial charge in [0, 0.05) is 0 Å². The van der Waals surface area contributed by atoms with Crippen LogP contribution in [0.5, 0.6) is 0 Å². The Hall–Kier alpha value is -1.05.